The summed E-state index contributed by atoms with van der Waals surface area (Å²) in [6.45, 7) is 1.62. The first-order valence-electron chi connectivity index (χ1n) is 11.0. The number of likely N-dealkylation sites (tertiary alicyclic amines) is 1. The van der Waals surface area contributed by atoms with Crippen molar-refractivity contribution in [1.82, 2.24) is 24.6 Å². The molecule has 1 aliphatic heterocycles. The Morgan fingerprint density at radius 3 is 2.53 bits per heavy atom. The summed E-state index contributed by atoms with van der Waals surface area (Å²) >= 11 is 0. The molecule has 2 fully saturated rings. The van der Waals surface area contributed by atoms with Gasteiger partial charge in [0, 0.05) is 54.5 Å². The molecule has 2 unspecified atom stereocenters. The van der Waals surface area contributed by atoms with E-state index in [1.165, 1.54) is 0 Å². The minimum absolute atomic E-state index is 0.00104. The van der Waals surface area contributed by atoms with Crippen molar-refractivity contribution in [2.24, 2.45) is 18.9 Å². The molecule has 5 rings (SSSR count). The number of rotatable bonds is 5. The third-order valence-electron chi connectivity index (χ3n) is 6.34. The Hall–Kier alpha value is -3.40. The molecule has 166 valence electrons. The van der Waals surface area contributed by atoms with Crippen LogP contribution in [0.3, 0.4) is 0 Å². The fourth-order valence-electron chi connectivity index (χ4n) is 4.76. The lowest BCUT2D eigenvalue weighted by Gasteiger charge is -2.21. The van der Waals surface area contributed by atoms with E-state index in [1.54, 1.807) is 10.9 Å². The van der Waals surface area contributed by atoms with Gasteiger partial charge < -0.3 is 20.9 Å². The zero-order valence-electron chi connectivity index (χ0n) is 18.3. The topological polar surface area (TPSA) is 100 Å². The van der Waals surface area contributed by atoms with Crippen LogP contribution in [0.15, 0.2) is 48.9 Å². The summed E-state index contributed by atoms with van der Waals surface area (Å²) in [5.41, 5.74) is 1.71. The summed E-state index contributed by atoms with van der Waals surface area (Å²) in [4.78, 5) is 23.7. The van der Waals surface area contributed by atoms with Gasteiger partial charge in [-0.25, -0.2) is 9.78 Å². The van der Waals surface area contributed by atoms with Crippen LogP contribution in [0.25, 0.3) is 0 Å². The van der Waals surface area contributed by atoms with Crippen LogP contribution in [-0.2, 0) is 7.05 Å². The molecule has 32 heavy (non-hydrogen) atoms. The van der Waals surface area contributed by atoms with Gasteiger partial charge in [-0.2, -0.15) is 10.1 Å². The lowest BCUT2D eigenvalue weighted by molar-refractivity contribution is 0.218. The van der Waals surface area contributed by atoms with Crippen molar-refractivity contribution in [1.29, 1.82) is 0 Å². The molecule has 1 aliphatic carbocycles. The van der Waals surface area contributed by atoms with Crippen molar-refractivity contribution in [2.45, 2.75) is 18.9 Å². The summed E-state index contributed by atoms with van der Waals surface area (Å²) in [6, 6.07) is 10.0. The van der Waals surface area contributed by atoms with Crippen LogP contribution < -0.4 is 21.1 Å². The van der Waals surface area contributed by atoms with Crippen molar-refractivity contribution in [3.8, 4) is 0 Å². The Kier molecular flexibility index (Phi) is 5.52. The van der Waals surface area contributed by atoms with Gasteiger partial charge in [0.1, 0.15) is 5.82 Å². The molecule has 1 aromatic carbocycles. The number of para-hydroxylation sites is 1. The number of aryl methyl sites for hydroxylation is 1. The van der Waals surface area contributed by atoms with E-state index in [1.807, 2.05) is 54.7 Å². The number of hydrogen-bond acceptors (Lipinski definition) is 6. The summed E-state index contributed by atoms with van der Waals surface area (Å²) in [7, 11) is 2.75. The number of fused-ring (bicyclic) bond motifs is 1. The lowest BCUT2D eigenvalue weighted by atomic mass is 10.0. The van der Waals surface area contributed by atoms with Crippen LogP contribution in [0.4, 0.5) is 27.9 Å². The zero-order valence-corrected chi connectivity index (χ0v) is 20.3. The number of anilines is 4. The Morgan fingerprint density at radius 1 is 1.09 bits per heavy atom. The Labute approximate surface area is 190 Å². The van der Waals surface area contributed by atoms with E-state index in [4.69, 9.17) is 4.98 Å². The molecule has 0 bridgehead atoms. The minimum Gasteiger partial charge on any atom is -0.367 e. The molecule has 3 N–H and O–H groups in total. The van der Waals surface area contributed by atoms with Gasteiger partial charge in [0.2, 0.25) is 5.95 Å². The standard InChI is InChI=1S/C22H28N8OSi/c1-29-13-18(9-24-29)26-21-23-10-19(32)20(28-21)25-17-7-14-11-30(12-15(14)8-17)22(31)27-16-5-3-2-4-6-16/h2-6,9-10,13-15,17H,7-8,11-12H2,1,32H3,(H,27,31)(H2,23,25,26,28). The lowest BCUT2D eigenvalue weighted by Crippen LogP contribution is -2.35. The first-order valence-corrected chi connectivity index (χ1v) is 12.0. The Balaban J connectivity index is 1.17. The van der Waals surface area contributed by atoms with Gasteiger partial charge in [0.25, 0.3) is 0 Å². The smallest absolute Gasteiger partial charge is 0.321 e. The monoisotopic (exact) mass is 448 g/mol. The molecule has 2 aromatic heterocycles. The van der Waals surface area contributed by atoms with Crippen LogP contribution >= 0.6 is 0 Å². The summed E-state index contributed by atoms with van der Waals surface area (Å²) in [5, 5.41) is 15.2. The number of aromatic nitrogens is 4. The van der Waals surface area contributed by atoms with E-state index in [0.717, 1.165) is 58.6 Å². The van der Waals surface area contributed by atoms with Crippen molar-refractivity contribution >= 4 is 44.6 Å². The van der Waals surface area contributed by atoms with Gasteiger partial charge in [-0.1, -0.05) is 18.2 Å². The normalized spacial score (nSPS) is 22.0. The maximum Gasteiger partial charge on any atom is 0.321 e. The van der Waals surface area contributed by atoms with Gasteiger partial charge in [-0.15, -0.1) is 0 Å². The first-order chi connectivity index (χ1) is 15.5. The largest absolute Gasteiger partial charge is 0.367 e. The van der Waals surface area contributed by atoms with Gasteiger partial charge >= 0.3 is 6.03 Å². The van der Waals surface area contributed by atoms with Crippen LogP contribution in [0.2, 0.25) is 0 Å². The second-order valence-corrected chi connectivity index (χ2v) is 9.86. The summed E-state index contributed by atoms with van der Waals surface area (Å²) < 4.78 is 1.74. The second kappa shape index (κ2) is 8.62. The molecule has 9 nitrogen and oxygen atoms in total. The molecule has 2 atom stereocenters. The Morgan fingerprint density at radius 2 is 1.84 bits per heavy atom. The highest BCUT2D eigenvalue weighted by Crippen LogP contribution is 2.39. The third kappa shape index (κ3) is 4.45. The average molecular weight is 449 g/mol. The van der Waals surface area contributed by atoms with E-state index in [0.29, 0.717) is 23.8 Å². The van der Waals surface area contributed by atoms with E-state index in [-0.39, 0.29) is 6.03 Å². The van der Waals surface area contributed by atoms with Gasteiger partial charge in [-0.3, -0.25) is 4.68 Å². The van der Waals surface area contributed by atoms with Crippen molar-refractivity contribution in [3.63, 3.8) is 0 Å². The Bertz CT molecular complexity index is 1090. The highest BCUT2D eigenvalue weighted by Gasteiger charge is 2.42. The number of nitrogens with zero attached hydrogens (tertiary/aromatic N) is 5. The quantitative estimate of drug-likeness (QED) is 0.509. The SMILES string of the molecule is Cn1cc(Nc2ncc([SiH3])c(NC3CC4CN(C(=O)Nc5ccccc5)CC4C3)n2)cn1. The first kappa shape index (κ1) is 20.5. The second-order valence-electron chi connectivity index (χ2n) is 8.79. The highest BCUT2D eigenvalue weighted by molar-refractivity contribution is 6.35. The molecular formula is C22H28N8OSi. The third-order valence-corrected chi connectivity index (χ3v) is 7.07. The predicted molar refractivity (Wildman–Crippen MR) is 129 cm³/mol. The van der Waals surface area contributed by atoms with E-state index >= 15 is 0 Å². The van der Waals surface area contributed by atoms with Crippen molar-refractivity contribution < 1.29 is 4.79 Å². The molecule has 1 saturated heterocycles. The summed E-state index contributed by atoms with van der Waals surface area (Å²) in [5.74, 6) is 2.55. The summed E-state index contributed by atoms with van der Waals surface area (Å²) in [6.07, 6.45) is 7.64. The fraction of sp³-hybridized carbons (Fsp3) is 0.364. The molecule has 2 amide bonds. The van der Waals surface area contributed by atoms with Crippen LogP contribution in [0.5, 0.6) is 0 Å². The number of carbonyl (C=O) groups excluding carboxylic acids is 1. The van der Waals surface area contributed by atoms with Crippen LogP contribution in [0, 0.1) is 11.8 Å². The number of amides is 2. The fourth-order valence-corrected chi connectivity index (χ4v) is 5.15. The number of nitrogens with one attached hydrogen (secondary N) is 3. The predicted octanol–water partition coefficient (Wildman–Crippen LogP) is 1.30. The van der Waals surface area contributed by atoms with Gasteiger partial charge in [0.05, 0.1) is 11.9 Å². The van der Waals surface area contributed by atoms with Gasteiger partial charge in [-0.05, 0) is 42.0 Å². The molecular weight excluding hydrogens is 420 g/mol. The minimum atomic E-state index is -0.00104. The molecule has 0 spiro atoms. The molecule has 1 saturated carbocycles. The molecule has 0 radical (unpaired) electrons. The van der Waals surface area contributed by atoms with Crippen molar-refractivity contribution in [2.75, 3.05) is 29.0 Å². The highest BCUT2D eigenvalue weighted by atomic mass is 28.1. The average Bonchev–Trinajstić information content (AvgIpc) is 3.46. The van der Waals surface area contributed by atoms with E-state index < -0.39 is 0 Å². The maximum absolute atomic E-state index is 12.6. The molecule has 10 heteroatoms. The number of carbonyl (C=O) groups is 1. The van der Waals surface area contributed by atoms with E-state index in [2.05, 4.69) is 26.0 Å². The van der Waals surface area contributed by atoms with Crippen molar-refractivity contribution in [3.05, 3.63) is 48.9 Å². The number of hydrogen-bond donors (Lipinski definition) is 3. The number of benzene rings is 1. The molecule has 3 aromatic rings. The van der Waals surface area contributed by atoms with Crippen LogP contribution in [0.1, 0.15) is 12.8 Å². The van der Waals surface area contributed by atoms with Gasteiger partial charge in [0.15, 0.2) is 0 Å². The molecule has 2 aliphatic rings. The van der Waals surface area contributed by atoms with E-state index in [9.17, 15) is 4.79 Å². The zero-order chi connectivity index (χ0) is 22.1. The van der Waals surface area contributed by atoms with Crippen LogP contribution in [-0.4, -0.2) is 60.1 Å². The molecule has 3 heterocycles. The maximum atomic E-state index is 12.6. The number of urea groups is 1.